The first-order chi connectivity index (χ1) is 13.0. The second-order valence-corrected chi connectivity index (χ2v) is 9.16. The summed E-state index contributed by atoms with van der Waals surface area (Å²) in [6.07, 6.45) is -2.65. The summed E-state index contributed by atoms with van der Waals surface area (Å²) in [6.45, 7) is 1.79. The lowest BCUT2D eigenvalue weighted by Crippen LogP contribution is -2.28. The van der Waals surface area contributed by atoms with E-state index in [2.05, 4.69) is 5.32 Å². The van der Waals surface area contributed by atoms with Gasteiger partial charge in [0, 0.05) is 12.2 Å². The molecule has 1 saturated carbocycles. The Kier molecular flexibility index (Phi) is 5.27. The van der Waals surface area contributed by atoms with Crippen molar-refractivity contribution in [2.24, 2.45) is 5.92 Å². The van der Waals surface area contributed by atoms with Crippen molar-refractivity contribution < 1.29 is 26.4 Å². The van der Waals surface area contributed by atoms with Gasteiger partial charge in [0.1, 0.15) is 0 Å². The van der Waals surface area contributed by atoms with Crippen LogP contribution in [-0.2, 0) is 20.8 Å². The molecule has 2 aromatic rings. The zero-order valence-electron chi connectivity index (χ0n) is 15.3. The first-order valence-electron chi connectivity index (χ1n) is 8.74. The van der Waals surface area contributed by atoms with Crippen LogP contribution in [0.5, 0.6) is 0 Å². The van der Waals surface area contributed by atoms with Crippen molar-refractivity contribution in [2.75, 3.05) is 6.26 Å². The fraction of sp³-hybridized carbons (Fsp3) is 0.350. The molecule has 1 aliphatic carbocycles. The Hall–Kier alpha value is -2.35. The summed E-state index contributed by atoms with van der Waals surface area (Å²) in [5.41, 5.74) is 0.787. The molecule has 0 bridgehead atoms. The van der Waals surface area contributed by atoms with Gasteiger partial charge in [-0.3, -0.25) is 4.79 Å². The average Bonchev–Trinajstić information content (AvgIpc) is 3.41. The van der Waals surface area contributed by atoms with E-state index in [-0.39, 0.29) is 28.7 Å². The maximum absolute atomic E-state index is 12.6. The van der Waals surface area contributed by atoms with Crippen molar-refractivity contribution in [3.05, 3.63) is 65.2 Å². The lowest BCUT2D eigenvalue weighted by atomic mass is 10.1. The Morgan fingerprint density at radius 3 is 2.14 bits per heavy atom. The van der Waals surface area contributed by atoms with Gasteiger partial charge in [-0.15, -0.1) is 0 Å². The van der Waals surface area contributed by atoms with Crippen molar-refractivity contribution in [2.45, 2.75) is 36.4 Å². The number of halogens is 3. The van der Waals surface area contributed by atoms with Gasteiger partial charge in [0.25, 0.3) is 0 Å². The normalized spacial score (nSPS) is 20.5. The van der Waals surface area contributed by atoms with Crippen LogP contribution in [0, 0.1) is 5.92 Å². The van der Waals surface area contributed by atoms with Gasteiger partial charge in [0.15, 0.2) is 9.84 Å². The van der Waals surface area contributed by atoms with Gasteiger partial charge in [0.2, 0.25) is 5.91 Å². The van der Waals surface area contributed by atoms with Crippen LogP contribution in [0.15, 0.2) is 53.4 Å². The van der Waals surface area contributed by atoms with Crippen LogP contribution < -0.4 is 5.32 Å². The number of carbonyl (C=O) groups is 1. The molecule has 3 atom stereocenters. The molecule has 3 rings (SSSR count). The molecule has 0 radical (unpaired) electrons. The second kappa shape index (κ2) is 7.24. The van der Waals surface area contributed by atoms with E-state index in [9.17, 15) is 26.4 Å². The predicted octanol–water partition coefficient (Wildman–Crippen LogP) is 4.09. The number of nitrogens with one attached hydrogen (secondary N) is 1. The Bertz CT molecular complexity index is 967. The van der Waals surface area contributed by atoms with Gasteiger partial charge in [0.05, 0.1) is 16.5 Å². The maximum Gasteiger partial charge on any atom is 0.416 e. The molecule has 1 fully saturated rings. The molecule has 2 aromatic carbocycles. The fourth-order valence-electron chi connectivity index (χ4n) is 3.18. The van der Waals surface area contributed by atoms with Gasteiger partial charge in [-0.2, -0.15) is 13.2 Å². The third kappa shape index (κ3) is 4.55. The number of carbonyl (C=O) groups excluding carboxylic acids is 1. The van der Waals surface area contributed by atoms with E-state index in [1.165, 1.54) is 24.3 Å². The van der Waals surface area contributed by atoms with Gasteiger partial charge in [-0.25, -0.2) is 8.42 Å². The van der Waals surface area contributed by atoms with Crippen LogP contribution >= 0.6 is 0 Å². The minimum Gasteiger partial charge on any atom is -0.349 e. The van der Waals surface area contributed by atoms with Crippen molar-refractivity contribution in [1.82, 2.24) is 5.32 Å². The predicted molar refractivity (Wildman–Crippen MR) is 98.4 cm³/mol. The first kappa shape index (κ1) is 20.4. The second-order valence-electron chi connectivity index (χ2n) is 7.14. The lowest BCUT2D eigenvalue weighted by Gasteiger charge is -2.15. The van der Waals surface area contributed by atoms with E-state index in [1.807, 2.05) is 0 Å². The van der Waals surface area contributed by atoms with Crippen molar-refractivity contribution in [1.29, 1.82) is 0 Å². The highest BCUT2D eigenvalue weighted by Gasteiger charge is 2.44. The molecule has 1 aliphatic rings. The molecule has 28 heavy (non-hydrogen) atoms. The topological polar surface area (TPSA) is 63.2 Å². The molecular weight excluding hydrogens is 391 g/mol. The Morgan fingerprint density at radius 2 is 1.64 bits per heavy atom. The summed E-state index contributed by atoms with van der Waals surface area (Å²) in [7, 11) is -3.28. The highest BCUT2D eigenvalue weighted by molar-refractivity contribution is 7.90. The van der Waals surface area contributed by atoms with E-state index in [0.717, 1.165) is 29.5 Å². The van der Waals surface area contributed by atoms with E-state index < -0.39 is 21.6 Å². The molecule has 0 aliphatic heterocycles. The number of alkyl halides is 3. The zero-order chi connectivity index (χ0) is 20.7. The third-order valence-corrected chi connectivity index (χ3v) is 6.09. The van der Waals surface area contributed by atoms with E-state index >= 15 is 0 Å². The maximum atomic E-state index is 12.6. The van der Waals surface area contributed by atoms with Crippen LogP contribution in [0.2, 0.25) is 0 Å². The fourth-order valence-corrected chi connectivity index (χ4v) is 3.81. The monoisotopic (exact) mass is 411 g/mol. The summed E-state index contributed by atoms with van der Waals surface area (Å²) in [5, 5.41) is 2.88. The quantitative estimate of drug-likeness (QED) is 0.806. The summed E-state index contributed by atoms with van der Waals surface area (Å²) in [4.78, 5) is 12.6. The standard InChI is InChI=1S/C20H20F3NO3S/c1-12(13-5-9-16(10-6-13)28(2,26)27)24-19(25)18-11-17(18)14-3-7-15(8-4-14)20(21,22)23/h3-10,12,17-18H,11H2,1-2H3,(H,24,25)/t12-,17+,18+/m0/s1. The molecule has 0 spiro atoms. The Morgan fingerprint density at radius 1 is 1.07 bits per heavy atom. The van der Waals surface area contributed by atoms with Crippen LogP contribution in [0.1, 0.15) is 42.0 Å². The highest BCUT2D eigenvalue weighted by atomic mass is 32.2. The summed E-state index contributed by atoms with van der Waals surface area (Å²) in [6, 6.07) is 10.9. The van der Waals surface area contributed by atoms with Crippen LogP contribution in [0.4, 0.5) is 13.2 Å². The molecule has 1 amide bonds. The van der Waals surface area contributed by atoms with Gasteiger partial charge in [-0.05, 0) is 54.7 Å². The Balaban J connectivity index is 1.60. The number of amides is 1. The molecule has 150 valence electrons. The average molecular weight is 411 g/mol. The van der Waals surface area contributed by atoms with Crippen molar-refractivity contribution in [3.8, 4) is 0 Å². The SMILES string of the molecule is C[C@H](NC(=O)[C@@H]1C[C@@H]1c1ccc(C(F)(F)F)cc1)c1ccc(S(C)(=O)=O)cc1. The summed E-state index contributed by atoms with van der Waals surface area (Å²) in [5.74, 6) is -0.513. The lowest BCUT2D eigenvalue weighted by molar-refractivity contribution is -0.137. The van der Waals surface area contributed by atoms with Crippen LogP contribution in [0.25, 0.3) is 0 Å². The summed E-state index contributed by atoms with van der Waals surface area (Å²) >= 11 is 0. The Labute approximate surface area is 161 Å². The number of hydrogen-bond donors (Lipinski definition) is 1. The summed E-state index contributed by atoms with van der Waals surface area (Å²) < 4.78 is 60.9. The van der Waals surface area contributed by atoms with Gasteiger partial charge >= 0.3 is 6.18 Å². The molecule has 0 unspecified atom stereocenters. The zero-order valence-corrected chi connectivity index (χ0v) is 16.1. The molecule has 1 N–H and O–H groups in total. The van der Waals surface area contributed by atoms with E-state index in [1.54, 1.807) is 19.1 Å². The molecule has 0 heterocycles. The number of benzene rings is 2. The van der Waals surface area contributed by atoms with E-state index in [4.69, 9.17) is 0 Å². The molecule has 8 heteroatoms. The van der Waals surface area contributed by atoms with Crippen LogP contribution in [0.3, 0.4) is 0 Å². The highest BCUT2D eigenvalue weighted by Crippen LogP contribution is 2.48. The smallest absolute Gasteiger partial charge is 0.349 e. The third-order valence-electron chi connectivity index (χ3n) is 4.96. The largest absolute Gasteiger partial charge is 0.416 e. The number of sulfone groups is 1. The minimum atomic E-state index is -4.37. The van der Waals surface area contributed by atoms with Gasteiger partial charge in [-0.1, -0.05) is 24.3 Å². The first-order valence-corrected chi connectivity index (χ1v) is 10.6. The molecular formula is C20H20F3NO3S. The molecule has 0 aromatic heterocycles. The van der Waals surface area contributed by atoms with E-state index in [0.29, 0.717) is 6.42 Å². The molecule has 4 nitrogen and oxygen atoms in total. The van der Waals surface area contributed by atoms with Gasteiger partial charge < -0.3 is 5.32 Å². The minimum absolute atomic E-state index is 0.0814. The van der Waals surface area contributed by atoms with Crippen molar-refractivity contribution in [3.63, 3.8) is 0 Å². The van der Waals surface area contributed by atoms with Crippen LogP contribution in [-0.4, -0.2) is 20.6 Å². The molecule has 0 saturated heterocycles. The number of hydrogen-bond acceptors (Lipinski definition) is 3. The number of rotatable bonds is 5. The van der Waals surface area contributed by atoms with Crippen molar-refractivity contribution >= 4 is 15.7 Å².